The molecule has 0 aliphatic rings. The third-order valence-corrected chi connectivity index (χ3v) is 3.82. The van der Waals surface area contributed by atoms with Gasteiger partial charge in [0.2, 0.25) is 9.84 Å². The molecule has 0 radical (unpaired) electrons. The zero-order valence-corrected chi connectivity index (χ0v) is 8.27. The molecule has 0 bridgehead atoms. The van der Waals surface area contributed by atoms with E-state index in [-0.39, 0.29) is 4.90 Å². The van der Waals surface area contributed by atoms with Crippen LogP contribution in [0.4, 0.5) is 0 Å². The van der Waals surface area contributed by atoms with Gasteiger partial charge in [0.1, 0.15) is 0 Å². The highest BCUT2D eigenvalue weighted by Gasteiger charge is 2.32. The molecule has 1 atom stereocenters. The molecule has 0 spiro atoms. The first-order chi connectivity index (χ1) is 6.46. The molecule has 0 aliphatic heterocycles. The van der Waals surface area contributed by atoms with Crippen LogP contribution in [0.25, 0.3) is 0 Å². The summed E-state index contributed by atoms with van der Waals surface area (Å²) in [6.07, 6.45) is 0. The van der Waals surface area contributed by atoms with Gasteiger partial charge in [0, 0.05) is 11.8 Å². The van der Waals surface area contributed by atoms with E-state index in [1.54, 1.807) is 6.07 Å². The quantitative estimate of drug-likeness (QED) is 0.558. The Morgan fingerprint density at radius 1 is 1.29 bits per heavy atom. The number of nitrogens with zero attached hydrogens (tertiary/aromatic N) is 1. The number of hydrogen-bond donors (Lipinski definition) is 0. The molecule has 0 saturated carbocycles. The Labute approximate surface area is 81.4 Å². The average Bonchev–Trinajstić information content (AvgIpc) is 2.18. The summed E-state index contributed by atoms with van der Waals surface area (Å²) in [5.41, 5.74) is 0. The Kier molecular flexibility index (Phi) is 2.85. The molecular weight excluding hydrogens is 206 g/mol. The first-order valence-corrected chi connectivity index (χ1v) is 5.43. The molecule has 1 aromatic rings. The number of sulfone groups is 1. The summed E-state index contributed by atoms with van der Waals surface area (Å²) in [4.78, 5) is 9.50. The van der Waals surface area contributed by atoms with Crippen molar-refractivity contribution in [3.8, 4) is 0 Å². The van der Waals surface area contributed by atoms with E-state index in [2.05, 4.69) is 0 Å². The van der Waals surface area contributed by atoms with E-state index in [4.69, 9.17) is 0 Å². The third kappa shape index (κ3) is 1.90. The average molecular weight is 215 g/mol. The van der Waals surface area contributed by atoms with Crippen LogP contribution in [0.1, 0.15) is 6.92 Å². The van der Waals surface area contributed by atoms with Gasteiger partial charge in [-0.05, 0) is 12.1 Å². The van der Waals surface area contributed by atoms with E-state index in [9.17, 15) is 18.5 Å². The second-order valence-electron chi connectivity index (χ2n) is 2.74. The SMILES string of the molecule is CC([N+](=O)[O-])S(=O)(=O)c1ccccc1. The fourth-order valence-electron chi connectivity index (χ4n) is 0.920. The summed E-state index contributed by atoms with van der Waals surface area (Å²) in [5, 5.41) is 8.74. The van der Waals surface area contributed by atoms with Gasteiger partial charge in [-0.25, -0.2) is 8.42 Å². The molecular formula is C8H9NO4S. The van der Waals surface area contributed by atoms with Crippen LogP contribution in [0.5, 0.6) is 0 Å². The summed E-state index contributed by atoms with van der Waals surface area (Å²) in [6.45, 7) is 1.06. The molecule has 0 N–H and O–H groups in total. The molecule has 76 valence electrons. The topological polar surface area (TPSA) is 77.3 Å². The van der Waals surface area contributed by atoms with Crippen LogP contribution < -0.4 is 0 Å². The van der Waals surface area contributed by atoms with Crippen molar-refractivity contribution in [1.29, 1.82) is 0 Å². The van der Waals surface area contributed by atoms with E-state index in [0.29, 0.717) is 0 Å². The molecule has 1 aromatic carbocycles. The largest absolute Gasteiger partial charge is 0.311 e. The molecule has 0 saturated heterocycles. The van der Waals surface area contributed by atoms with Gasteiger partial charge >= 0.3 is 5.37 Å². The van der Waals surface area contributed by atoms with Crippen LogP contribution in [-0.4, -0.2) is 18.7 Å². The lowest BCUT2D eigenvalue weighted by atomic mass is 10.4. The van der Waals surface area contributed by atoms with Gasteiger partial charge in [-0.3, -0.25) is 10.1 Å². The minimum Gasteiger partial charge on any atom is -0.263 e. The molecule has 14 heavy (non-hydrogen) atoms. The summed E-state index contributed by atoms with van der Waals surface area (Å²) in [5.74, 6) is 0. The predicted molar refractivity (Wildman–Crippen MR) is 50.1 cm³/mol. The van der Waals surface area contributed by atoms with Crippen molar-refractivity contribution < 1.29 is 13.3 Å². The van der Waals surface area contributed by atoms with Crippen LogP contribution >= 0.6 is 0 Å². The van der Waals surface area contributed by atoms with Crippen molar-refractivity contribution in [2.24, 2.45) is 0 Å². The number of rotatable bonds is 3. The standard InChI is InChI=1S/C8H9NO4S/c1-7(9(10)11)14(12,13)8-5-3-2-4-6-8/h2-7H,1H3. The zero-order valence-electron chi connectivity index (χ0n) is 7.45. The van der Waals surface area contributed by atoms with Crippen LogP contribution in [0, 0.1) is 10.1 Å². The molecule has 1 unspecified atom stereocenters. The van der Waals surface area contributed by atoms with Crippen LogP contribution in [0.15, 0.2) is 35.2 Å². The lowest BCUT2D eigenvalue weighted by molar-refractivity contribution is -0.493. The number of nitro groups is 1. The predicted octanol–water partition coefficient (Wildman–Crippen LogP) is 1.08. The normalized spacial score (nSPS) is 13.5. The van der Waals surface area contributed by atoms with Gasteiger partial charge in [0.05, 0.1) is 4.90 Å². The maximum Gasteiger partial charge on any atom is 0.311 e. The summed E-state index contributed by atoms with van der Waals surface area (Å²) >= 11 is 0. The van der Waals surface area contributed by atoms with Crippen molar-refractivity contribution >= 4 is 9.84 Å². The summed E-state index contributed by atoms with van der Waals surface area (Å²) in [6, 6.07) is 7.39. The fraction of sp³-hybridized carbons (Fsp3) is 0.250. The monoisotopic (exact) mass is 215 g/mol. The Morgan fingerprint density at radius 2 is 1.79 bits per heavy atom. The second kappa shape index (κ2) is 3.75. The van der Waals surface area contributed by atoms with Gasteiger partial charge in [0.15, 0.2) is 0 Å². The fourth-order valence-corrected chi connectivity index (χ4v) is 2.08. The van der Waals surface area contributed by atoms with Gasteiger partial charge in [-0.2, -0.15) is 0 Å². The second-order valence-corrected chi connectivity index (χ2v) is 4.99. The maximum atomic E-state index is 11.5. The van der Waals surface area contributed by atoms with Gasteiger partial charge < -0.3 is 0 Å². The van der Waals surface area contributed by atoms with E-state index < -0.39 is 20.1 Å². The Bertz CT molecular complexity index is 426. The molecule has 6 heteroatoms. The van der Waals surface area contributed by atoms with Gasteiger partial charge in [-0.1, -0.05) is 18.2 Å². The molecule has 0 fully saturated rings. The van der Waals surface area contributed by atoms with E-state index in [1.807, 2.05) is 0 Å². The molecule has 0 amide bonds. The summed E-state index contributed by atoms with van der Waals surface area (Å²) < 4.78 is 23.1. The number of benzene rings is 1. The van der Waals surface area contributed by atoms with Crippen molar-refractivity contribution in [3.63, 3.8) is 0 Å². The van der Waals surface area contributed by atoms with Crippen molar-refractivity contribution in [2.75, 3.05) is 0 Å². The lowest BCUT2D eigenvalue weighted by Gasteiger charge is -2.05. The molecule has 0 aromatic heterocycles. The molecule has 0 aliphatic carbocycles. The van der Waals surface area contributed by atoms with Crippen molar-refractivity contribution in [2.45, 2.75) is 17.2 Å². The summed E-state index contributed by atoms with van der Waals surface area (Å²) in [7, 11) is -3.84. The first-order valence-electron chi connectivity index (χ1n) is 3.88. The van der Waals surface area contributed by atoms with Crippen molar-refractivity contribution in [3.05, 3.63) is 40.4 Å². The molecule has 0 heterocycles. The van der Waals surface area contributed by atoms with Crippen LogP contribution in [0.2, 0.25) is 0 Å². The zero-order chi connectivity index (χ0) is 10.8. The number of hydrogen-bond acceptors (Lipinski definition) is 4. The first kappa shape index (κ1) is 10.6. The van der Waals surface area contributed by atoms with E-state index in [0.717, 1.165) is 6.92 Å². The minimum absolute atomic E-state index is 0.0239. The highest BCUT2D eigenvalue weighted by Crippen LogP contribution is 2.15. The minimum atomic E-state index is -3.84. The van der Waals surface area contributed by atoms with Crippen molar-refractivity contribution in [1.82, 2.24) is 0 Å². The van der Waals surface area contributed by atoms with E-state index in [1.165, 1.54) is 24.3 Å². The highest BCUT2D eigenvalue weighted by atomic mass is 32.2. The Hall–Kier alpha value is -1.43. The van der Waals surface area contributed by atoms with E-state index >= 15 is 0 Å². The smallest absolute Gasteiger partial charge is 0.263 e. The van der Waals surface area contributed by atoms with Gasteiger partial charge in [-0.15, -0.1) is 0 Å². The lowest BCUT2D eigenvalue weighted by Crippen LogP contribution is -2.26. The Morgan fingerprint density at radius 3 is 2.21 bits per heavy atom. The van der Waals surface area contributed by atoms with Gasteiger partial charge in [0.25, 0.3) is 0 Å². The molecule has 5 nitrogen and oxygen atoms in total. The van der Waals surface area contributed by atoms with Crippen LogP contribution in [-0.2, 0) is 9.84 Å². The highest BCUT2D eigenvalue weighted by molar-refractivity contribution is 7.91. The van der Waals surface area contributed by atoms with Crippen LogP contribution in [0.3, 0.4) is 0 Å². The molecule has 1 rings (SSSR count). The Balaban J connectivity index is 3.16. The third-order valence-electron chi connectivity index (χ3n) is 1.82. The maximum absolute atomic E-state index is 11.5.